The summed E-state index contributed by atoms with van der Waals surface area (Å²) in [7, 11) is 4.23. The highest BCUT2D eigenvalue weighted by Gasteiger charge is 2.18. The maximum absolute atomic E-state index is 5.72. The maximum Gasteiger partial charge on any atom is 0.126 e. The fourth-order valence-corrected chi connectivity index (χ4v) is 7.13. The van der Waals surface area contributed by atoms with E-state index in [0.717, 1.165) is 39.9 Å². The lowest BCUT2D eigenvalue weighted by Gasteiger charge is -2.20. The molecule has 2 unspecified atom stereocenters. The number of hydrogen-bond acceptors (Lipinski definition) is 3. The summed E-state index contributed by atoms with van der Waals surface area (Å²) in [5, 5.41) is 3.61. The zero-order chi connectivity index (χ0) is 26.9. The third kappa shape index (κ3) is 6.63. The molecule has 0 heterocycles. The lowest BCUT2D eigenvalue weighted by Crippen LogP contribution is -2.07. The number of benzene rings is 4. The van der Waals surface area contributed by atoms with Crippen LogP contribution in [0.25, 0.3) is 5.31 Å². The Bertz CT molecular complexity index is 1540. The number of rotatable bonds is 9. The lowest BCUT2D eigenvalue weighted by atomic mass is 10.0. The van der Waals surface area contributed by atoms with Crippen LogP contribution in [0.15, 0.2) is 144 Å². The Morgan fingerprint density at radius 1 is 0.641 bits per heavy atom. The maximum atomic E-state index is 5.72. The van der Waals surface area contributed by atoms with E-state index in [1.54, 1.807) is 14.2 Å². The van der Waals surface area contributed by atoms with Gasteiger partial charge in [-0.1, -0.05) is 118 Å². The molecule has 3 nitrogen and oxygen atoms in total. The zero-order valence-corrected chi connectivity index (χ0v) is 24.1. The molecular weight excluding hydrogens is 516 g/mol. The second-order valence-corrected chi connectivity index (χ2v) is 11.4. The fourth-order valence-electron chi connectivity index (χ4n) is 4.45. The minimum Gasteiger partial charge on any atom is -0.496 e. The zero-order valence-electron chi connectivity index (χ0n) is 22.1. The second-order valence-electron chi connectivity index (χ2n) is 8.88. The van der Waals surface area contributed by atoms with Gasteiger partial charge in [0.2, 0.25) is 0 Å². The summed E-state index contributed by atoms with van der Waals surface area (Å²) in [6.07, 6.45) is 7.30. The topological polar surface area (TPSA) is 30.8 Å². The highest BCUT2D eigenvalue weighted by atomic mass is 31.1. The van der Waals surface area contributed by atoms with Gasteiger partial charge >= 0.3 is 0 Å². The average molecular weight is 548 g/mol. The molecule has 2 atom stereocenters. The van der Waals surface area contributed by atoms with Crippen LogP contribution in [0.3, 0.4) is 0 Å². The highest BCUT2D eigenvalue weighted by molar-refractivity contribution is 7.66. The second kappa shape index (κ2) is 13.3. The van der Waals surface area contributed by atoms with Crippen LogP contribution in [0.4, 0.5) is 0 Å². The van der Waals surface area contributed by atoms with E-state index in [1.165, 1.54) is 21.8 Å². The predicted molar refractivity (Wildman–Crippen MR) is 170 cm³/mol. The normalized spacial score (nSPS) is 15.1. The quantitative estimate of drug-likeness (QED) is 0.159. The van der Waals surface area contributed by atoms with E-state index in [0.29, 0.717) is 17.2 Å². The Labute approximate surface area is 234 Å². The van der Waals surface area contributed by atoms with Gasteiger partial charge in [0.05, 0.1) is 25.4 Å². The van der Waals surface area contributed by atoms with Gasteiger partial charge in [0.15, 0.2) is 0 Å². The standard InChI is InChI=1S/C34H31NO2P2/c1-36-29-21-11-13-23-31(29)38-33(25-15-5-3-6-16-25)27-19-9-10-20-28(27)35-34(26-17-7-4-8-18-26)39-32-24-14-12-22-30(32)37-2/h3-18,20-24,38-39H,19H2,1-2H3. The summed E-state index contributed by atoms with van der Waals surface area (Å²) in [5.41, 5.74) is 5.60. The SMILES string of the molecule is COc1ccccc1PC(=NC1=CC=CCC1=C(Pc1ccccc1OC)c1ccccc1)c1ccccc1. The molecule has 1 aliphatic carbocycles. The molecular formula is C34H31NO2P2. The summed E-state index contributed by atoms with van der Waals surface area (Å²) >= 11 is 0. The third-order valence-corrected chi connectivity index (χ3v) is 9.23. The van der Waals surface area contributed by atoms with Crippen LogP contribution < -0.4 is 20.1 Å². The van der Waals surface area contributed by atoms with Gasteiger partial charge in [-0.15, -0.1) is 0 Å². The smallest absolute Gasteiger partial charge is 0.126 e. The summed E-state index contributed by atoms with van der Waals surface area (Å²) in [5.74, 6) is 1.79. The van der Waals surface area contributed by atoms with Crippen molar-refractivity contribution in [3.63, 3.8) is 0 Å². The van der Waals surface area contributed by atoms with E-state index in [1.807, 2.05) is 30.3 Å². The van der Waals surface area contributed by atoms with Crippen molar-refractivity contribution in [3.05, 3.63) is 150 Å². The van der Waals surface area contributed by atoms with Gasteiger partial charge < -0.3 is 9.47 Å². The van der Waals surface area contributed by atoms with Gasteiger partial charge in [-0.3, -0.25) is 0 Å². The number of methoxy groups -OCH3 is 2. The van der Waals surface area contributed by atoms with Crippen LogP contribution in [-0.4, -0.2) is 19.7 Å². The Hall–Kier alpha value is -3.77. The van der Waals surface area contributed by atoms with Gasteiger partial charge in [-0.05, 0) is 49.7 Å². The molecule has 4 aromatic carbocycles. The molecule has 5 heteroatoms. The van der Waals surface area contributed by atoms with E-state index < -0.39 is 0 Å². The number of ether oxygens (including phenoxy) is 2. The van der Waals surface area contributed by atoms with Crippen LogP contribution in [-0.2, 0) is 0 Å². The summed E-state index contributed by atoms with van der Waals surface area (Å²) in [6.45, 7) is 0. The van der Waals surface area contributed by atoms with Gasteiger partial charge in [-0.2, -0.15) is 0 Å². The third-order valence-electron chi connectivity index (χ3n) is 6.39. The van der Waals surface area contributed by atoms with Crippen molar-refractivity contribution in [2.75, 3.05) is 14.2 Å². The Morgan fingerprint density at radius 3 is 1.79 bits per heavy atom. The molecule has 0 spiro atoms. The predicted octanol–water partition coefficient (Wildman–Crippen LogP) is 7.71. The Kier molecular flexibility index (Phi) is 9.17. The minimum absolute atomic E-state index is 0.344. The highest BCUT2D eigenvalue weighted by Crippen LogP contribution is 2.43. The molecule has 0 radical (unpaired) electrons. The van der Waals surface area contributed by atoms with Crippen LogP contribution in [0, 0.1) is 0 Å². The van der Waals surface area contributed by atoms with Gasteiger partial charge in [0, 0.05) is 16.2 Å². The molecule has 1 aliphatic rings. The minimum atomic E-state index is 0.344. The van der Waals surface area contributed by atoms with Crippen LogP contribution in [0.5, 0.6) is 11.5 Å². The van der Waals surface area contributed by atoms with E-state index in [4.69, 9.17) is 14.5 Å². The molecule has 0 amide bonds. The van der Waals surface area contributed by atoms with Crippen LogP contribution >= 0.6 is 17.2 Å². The number of para-hydroxylation sites is 2. The number of nitrogens with zero attached hydrogens (tertiary/aromatic N) is 1. The van der Waals surface area contributed by atoms with Crippen molar-refractivity contribution < 1.29 is 9.47 Å². The first-order valence-corrected chi connectivity index (χ1v) is 14.9. The Morgan fingerprint density at radius 2 is 1.18 bits per heavy atom. The fraction of sp³-hybridized carbons (Fsp3) is 0.0882. The van der Waals surface area contributed by atoms with E-state index in [9.17, 15) is 0 Å². The van der Waals surface area contributed by atoms with Crippen molar-refractivity contribution >= 4 is 38.5 Å². The molecule has 194 valence electrons. The average Bonchev–Trinajstić information content (AvgIpc) is 3.01. The number of allylic oxidation sites excluding steroid dienone is 4. The molecule has 0 saturated carbocycles. The van der Waals surface area contributed by atoms with E-state index in [2.05, 4.69) is 97.1 Å². The van der Waals surface area contributed by atoms with Gasteiger partial charge in [0.1, 0.15) is 11.5 Å². The van der Waals surface area contributed by atoms with Crippen molar-refractivity contribution in [2.45, 2.75) is 6.42 Å². The first-order valence-electron chi connectivity index (χ1n) is 12.9. The molecule has 0 saturated heterocycles. The lowest BCUT2D eigenvalue weighted by molar-refractivity contribution is 0.418. The molecule has 0 bridgehead atoms. The summed E-state index contributed by atoms with van der Waals surface area (Å²) in [4.78, 5) is 5.39. The van der Waals surface area contributed by atoms with E-state index in [-0.39, 0.29) is 0 Å². The molecule has 0 aromatic heterocycles. The van der Waals surface area contributed by atoms with Crippen molar-refractivity contribution in [3.8, 4) is 11.5 Å². The molecule has 4 aromatic rings. The first-order chi connectivity index (χ1) is 19.3. The molecule has 5 rings (SSSR count). The molecule has 0 fully saturated rings. The monoisotopic (exact) mass is 547 g/mol. The van der Waals surface area contributed by atoms with Crippen LogP contribution in [0.1, 0.15) is 17.5 Å². The summed E-state index contributed by atoms with van der Waals surface area (Å²) in [6, 6.07) is 37.6. The van der Waals surface area contributed by atoms with Gasteiger partial charge in [-0.25, -0.2) is 4.99 Å². The first kappa shape index (κ1) is 26.8. The largest absolute Gasteiger partial charge is 0.496 e. The molecule has 0 aliphatic heterocycles. The number of aliphatic imine (C=N–C) groups is 1. The van der Waals surface area contributed by atoms with Crippen molar-refractivity contribution in [2.24, 2.45) is 4.99 Å². The Balaban J connectivity index is 1.65. The van der Waals surface area contributed by atoms with Gasteiger partial charge in [0.25, 0.3) is 0 Å². The number of hydrogen-bond donors (Lipinski definition) is 0. The van der Waals surface area contributed by atoms with Crippen LogP contribution in [0.2, 0.25) is 0 Å². The summed E-state index contributed by atoms with van der Waals surface area (Å²) < 4.78 is 11.4. The molecule has 39 heavy (non-hydrogen) atoms. The van der Waals surface area contributed by atoms with Crippen molar-refractivity contribution in [1.29, 1.82) is 0 Å². The van der Waals surface area contributed by atoms with Crippen molar-refractivity contribution in [1.82, 2.24) is 0 Å². The van der Waals surface area contributed by atoms with E-state index >= 15 is 0 Å². The molecule has 0 N–H and O–H groups in total.